The fourth-order valence-electron chi connectivity index (χ4n) is 1.63. The zero-order valence-corrected chi connectivity index (χ0v) is 11.4. The first-order valence-electron chi connectivity index (χ1n) is 6.03. The van der Waals surface area contributed by atoms with Crippen molar-refractivity contribution in [3.8, 4) is 0 Å². The average Bonchev–Trinajstić information content (AvgIpc) is 2.38. The van der Waals surface area contributed by atoms with E-state index in [0.717, 1.165) is 5.69 Å². The summed E-state index contributed by atoms with van der Waals surface area (Å²) in [6, 6.07) is 3.70. The van der Waals surface area contributed by atoms with E-state index >= 15 is 0 Å². The van der Waals surface area contributed by atoms with E-state index in [-0.39, 0.29) is 11.9 Å². The van der Waals surface area contributed by atoms with Crippen molar-refractivity contribution in [2.75, 3.05) is 32.6 Å². The molecule has 0 saturated carbocycles. The molecule has 0 bridgehead atoms. The Labute approximate surface area is 108 Å². The fraction of sp³-hybridized carbons (Fsp3) is 0.538. The zero-order chi connectivity index (χ0) is 13.5. The Morgan fingerprint density at radius 2 is 2.28 bits per heavy atom. The van der Waals surface area contributed by atoms with Crippen LogP contribution in [0.25, 0.3) is 0 Å². The Bertz CT molecular complexity index is 394. The number of aromatic nitrogens is 1. The molecule has 1 N–H and O–H groups in total. The minimum Gasteiger partial charge on any atom is -0.388 e. The van der Waals surface area contributed by atoms with Crippen LogP contribution in [0, 0.1) is 0 Å². The van der Waals surface area contributed by atoms with Gasteiger partial charge in [-0.25, -0.2) is 0 Å². The Balaban J connectivity index is 2.87. The SMILES string of the molecule is CNc1ccnc(C(=O)N(CCOC)C(C)C)c1. The molecule has 1 amide bonds. The van der Waals surface area contributed by atoms with Crippen molar-refractivity contribution < 1.29 is 9.53 Å². The van der Waals surface area contributed by atoms with Gasteiger partial charge in [0.15, 0.2) is 0 Å². The van der Waals surface area contributed by atoms with Crippen LogP contribution in [0.3, 0.4) is 0 Å². The lowest BCUT2D eigenvalue weighted by molar-refractivity contribution is 0.0629. The fourth-order valence-corrected chi connectivity index (χ4v) is 1.63. The van der Waals surface area contributed by atoms with Gasteiger partial charge in [-0.05, 0) is 26.0 Å². The number of methoxy groups -OCH3 is 1. The number of nitrogens with zero attached hydrogens (tertiary/aromatic N) is 2. The molecule has 0 aliphatic heterocycles. The summed E-state index contributed by atoms with van der Waals surface area (Å²) in [5.74, 6) is -0.0702. The number of pyridine rings is 1. The standard InChI is InChI=1S/C13H21N3O2/c1-10(2)16(7-8-18-4)13(17)12-9-11(14-3)5-6-15-12/h5-6,9-10H,7-8H2,1-4H3,(H,14,15). The predicted molar refractivity (Wildman–Crippen MR) is 71.8 cm³/mol. The molecule has 100 valence electrons. The molecular formula is C13H21N3O2. The van der Waals surface area contributed by atoms with Crippen molar-refractivity contribution in [2.45, 2.75) is 19.9 Å². The number of rotatable bonds is 6. The maximum absolute atomic E-state index is 12.3. The molecule has 0 saturated heterocycles. The quantitative estimate of drug-likeness (QED) is 0.834. The first-order chi connectivity index (χ1) is 8.60. The van der Waals surface area contributed by atoms with Crippen LogP contribution in [0.5, 0.6) is 0 Å². The Kier molecular flexibility index (Phi) is 5.58. The minimum absolute atomic E-state index is 0.0702. The molecule has 1 aromatic heterocycles. The number of carbonyl (C=O) groups excluding carboxylic acids is 1. The molecule has 0 spiro atoms. The Morgan fingerprint density at radius 3 is 2.83 bits per heavy atom. The van der Waals surface area contributed by atoms with Gasteiger partial charge in [-0.1, -0.05) is 0 Å². The summed E-state index contributed by atoms with van der Waals surface area (Å²) in [6.45, 7) is 5.05. The first kappa shape index (κ1) is 14.4. The van der Waals surface area contributed by atoms with Crippen molar-refractivity contribution >= 4 is 11.6 Å². The van der Waals surface area contributed by atoms with E-state index in [4.69, 9.17) is 4.74 Å². The molecule has 18 heavy (non-hydrogen) atoms. The highest BCUT2D eigenvalue weighted by Crippen LogP contribution is 2.11. The highest BCUT2D eigenvalue weighted by atomic mass is 16.5. The van der Waals surface area contributed by atoms with Crippen molar-refractivity contribution in [1.29, 1.82) is 0 Å². The van der Waals surface area contributed by atoms with Crippen LogP contribution in [0.4, 0.5) is 5.69 Å². The lowest BCUT2D eigenvalue weighted by Gasteiger charge is -2.26. The summed E-state index contributed by atoms with van der Waals surface area (Å²) in [4.78, 5) is 18.2. The third kappa shape index (κ3) is 3.70. The molecule has 1 aromatic rings. The van der Waals surface area contributed by atoms with Crippen LogP contribution in [-0.2, 0) is 4.74 Å². The van der Waals surface area contributed by atoms with E-state index in [9.17, 15) is 4.79 Å². The second-order valence-electron chi connectivity index (χ2n) is 4.26. The highest BCUT2D eigenvalue weighted by Gasteiger charge is 2.19. The van der Waals surface area contributed by atoms with Crippen LogP contribution < -0.4 is 5.32 Å². The van der Waals surface area contributed by atoms with Crippen molar-refractivity contribution in [2.24, 2.45) is 0 Å². The second-order valence-corrected chi connectivity index (χ2v) is 4.26. The van der Waals surface area contributed by atoms with Gasteiger partial charge in [0.25, 0.3) is 5.91 Å². The van der Waals surface area contributed by atoms with Crippen LogP contribution in [0.15, 0.2) is 18.3 Å². The number of carbonyl (C=O) groups is 1. The highest BCUT2D eigenvalue weighted by molar-refractivity contribution is 5.93. The van der Waals surface area contributed by atoms with Crippen molar-refractivity contribution in [1.82, 2.24) is 9.88 Å². The van der Waals surface area contributed by atoms with Crippen LogP contribution >= 0.6 is 0 Å². The molecule has 0 atom stereocenters. The molecular weight excluding hydrogens is 230 g/mol. The number of hydrogen-bond acceptors (Lipinski definition) is 4. The van der Waals surface area contributed by atoms with Gasteiger partial charge in [-0.3, -0.25) is 9.78 Å². The topological polar surface area (TPSA) is 54.5 Å². The Morgan fingerprint density at radius 1 is 1.56 bits per heavy atom. The van der Waals surface area contributed by atoms with Gasteiger partial charge in [0.2, 0.25) is 0 Å². The van der Waals surface area contributed by atoms with Gasteiger partial charge in [0.1, 0.15) is 5.69 Å². The molecule has 0 fully saturated rings. The number of anilines is 1. The first-order valence-corrected chi connectivity index (χ1v) is 6.03. The Hall–Kier alpha value is -1.62. The lowest BCUT2D eigenvalue weighted by Crippen LogP contribution is -2.39. The number of ether oxygens (including phenoxy) is 1. The summed E-state index contributed by atoms with van der Waals surface area (Å²) in [6.07, 6.45) is 1.63. The minimum atomic E-state index is -0.0702. The normalized spacial score (nSPS) is 10.5. The molecule has 1 rings (SSSR count). The van der Waals surface area contributed by atoms with Gasteiger partial charge < -0.3 is 15.0 Å². The van der Waals surface area contributed by atoms with E-state index in [1.165, 1.54) is 0 Å². The molecule has 5 heteroatoms. The molecule has 0 aliphatic carbocycles. The average molecular weight is 251 g/mol. The van der Waals surface area contributed by atoms with Crippen LogP contribution in [0.2, 0.25) is 0 Å². The van der Waals surface area contributed by atoms with Crippen molar-refractivity contribution in [3.05, 3.63) is 24.0 Å². The molecule has 0 aromatic carbocycles. The van der Waals surface area contributed by atoms with E-state index < -0.39 is 0 Å². The van der Waals surface area contributed by atoms with Gasteiger partial charge >= 0.3 is 0 Å². The van der Waals surface area contributed by atoms with Gasteiger partial charge in [0.05, 0.1) is 6.61 Å². The summed E-state index contributed by atoms with van der Waals surface area (Å²) in [7, 11) is 3.44. The van der Waals surface area contributed by atoms with E-state index in [1.807, 2.05) is 27.0 Å². The van der Waals surface area contributed by atoms with E-state index in [2.05, 4.69) is 10.3 Å². The third-order valence-corrected chi connectivity index (χ3v) is 2.69. The smallest absolute Gasteiger partial charge is 0.272 e. The maximum Gasteiger partial charge on any atom is 0.272 e. The van der Waals surface area contributed by atoms with Crippen molar-refractivity contribution in [3.63, 3.8) is 0 Å². The number of amides is 1. The van der Waals surface area contributed by atoms with Gasteiger partial charge in [0, 0.05) is 38.6 Å². The second kappa shape index (κ2) is 6.96. The van der Waals surface area contributed by atoms with E-state index in [1.54, 1.807) is 24.3 Å². The molecule has 0 unspecified atom stereocenters. The number of hydrogen-bond donors (Lipinski definition) is 1. The summed E-state index contributed by atoms with van der Waals surface area (Å²) < 4.78 is 5.03. The molecule has 1 heterocycles. The molecule has 5 nitrogen and oxygen atoms in total. The van der Waals surface area contributed by atoms with Gasteiger partial charge in [-0.2, -0.15) is 0 Å². The summed E-state index contributed by atoms with van der Waals surface area (Å²) >= 11 is 0. The lowest BCUT2D eigenvalue weighted by atomic mass is 10.2. The monoisotopic (exact) mass is 251 g/mol. The predicted octanol–water partition coefficient (Wildman–Crippen LogP) is 1.62. The third-order valence-electron chi connectivity index (χ3n) is 2.69. The molecule has 0 radical (unpaired) electrons. The maximum atomic E-state index is 12.3. The number of nitrogens with one attached hydrogen (secondary N) is 1. The van der Waals surface area contributed by atoms with E-state index in [0.29, 0.717) is 18.8 Å². The zero-order valence-electron chi connectivity index (χ0n) is 11.4. The summed E-state index contributed by atoms with van der Waals surface area (Å²) in [5.41, 5.74) is 1.33. The van der Waals surface area contributed by atoms with Crippen LogP contribution in [-0.4, -0.2) is 49.1 Å². The van der Waals surface area contributed by atoms with Crippen LogP contribution in [0.1, 0.15) is 24.3 Å². The summed E-state index contributed by atoms with van der Waals surface area (Å²) in [5, 5.41) is 3.00. The largest absolute Gasteiger partial charge is 0.388 e. The molecule has 0 aliphatic rings. The van der Waals surface area contributed by atoms with Gasteiger partial charge in [-0.15, -0.1) is 0 Å².